The summed E-state index contributed by atoms with van der Waals surface area (Å²) in [7, 11) is 1.61. The predicted molar refractivity (Wildman–Crippen MR) is 173 cm³/mol. The molecule has 8 nitrogen and oxygen atoms in total. The van der Waals surface area contributed by atoms with E-state index in [0.717, 1.165) is 30.9 Å². The van der Waals surface area contributed by atoms with E-state index in [-0.39, 0.29) is 12.2 Å². The summed E-state index contributed by atoms with van der Waals surface area (Å²) in [4.78, 5) is 37.4. The number of esters is 1. The number of ether oxygens (including phenoxy) is 2. The molecule has 1 aliphatic rings. The van der Waals surface area contributed by atoms with Crippen molar-refractivity contribution >= 4 is 67.5 Å². The third-order valence-corrected chi connectivity index (χ3v) is 10.3. The van der Waals surface area contributed by atoms with Crippen LogP contribution in [0.5, 0.6) is 5.75 Å². The van der Waals surface area contributed by atoms with Crippen molar-refractivity contribution in [1.82, 2.24) is 9.55 Å². The highest BCUT2D eigenvalue weighted by Gasteiger charge is 2.34. The number of carbonyl (C=O) groups is 1. The fourth-order valence-electron chi connectivity index (χ4n) is 5.30. The van der Waals surface area contributed by atoms with Crippen molar-refractivity contribution in [2.24, 2.45) is 4.99 Å². The first-order chi connectivity index (χ1) is 21.4. The third-order valence-electron chi connectivity index (χ3n) is 7.27. The second kappa shape index (κ2) is 11.6. The van der Waals surface area contributed by atoms with Gasteiger partial charge in [0.15, 0.2) is 14.2 Å². The van der Waals surface area contributed by atoms with Crippen LogP contribution in [0.25, 0.3) is 27.1 Å². The fraction of sp³-hybridized carbons (Fsp3) is 0.152. The van der Waals surface area contributed by atoms with Crippen LogP contribution in [0.4, 0.5) is 0 Å². The van der Waals surface area contributed by atoms with E-state index in [9.17, 15) is 9.59 Å². The van der Waals surface area contributed by atoms with Gasteiger partial charge < -0.3 is 13.9 Å². The Morgan fingerprint density at radius 3 is 2.77 bits per heavy atom. The van der Waals surface area contributed by atoms with Crippen LogP contribution in [-0.2, 0) is 9.53 Å². The van der Waals surface area contributed by atoms with E-state index in [1.165, 1.54) is 23.1 Å². The fourth-order valence-corrected chi connectivity index (χ4v) is 8.30. The van der Waals surface area contributed by atoms with Gasteiger partial charge in [-0.3, -0.25) is 9.36 Å². The molecular formula is C33H25N3O5S3. The van der Waals surface area contributed by atoms with Crippen LogP contribution in [0.1, 0.15) is 31.2 Å². The van der Waals surface area contributed by atoms with Gasteiger partial charge in [0.1, 0.15) is 11.5 Å². The largest absolute Gasteiger partial charge is 0.497 e. The number of nitrogens with zero attached hydrogens (tertiary/aromatic N) is 3. The molecule has 1 aliphatic heterocycles. The van der Waals surface area contributed by atoms with Crippen LogP contribution in [0.3, 0.4) is 0 Å². The van der Waals surface area contributed by atoms with Gasteiger partial charge in [0.25, 0.3) is 5.56 Å². The molecule has 6 aromatic rings. The van der Waals surface area contributed by atoms with Crippen molar-refractivity contribution < 1.29 is 18.7 Å². The quantitative estimate of drug-likeness (QED) is 0.189. The van der Waals surface area contributed by atoms with E-state index >= 15 is 0 Å². The molecule has 4 heterocycles. The standard InChI is InChI=1S/C33H25N3O5S3/c1-4-40-31(38)28-18(2)34-32-36(29(28)22-9-7-8-19-12-13-20(39-3)16-23(19)22)30(37)26(42-32)17-21-14-15-27(41-21)44-33-35-24-10-5-6-11-25(24)43-33/h5-17,29H,4H2,1-3H3/b26-17+. The second-order valence-corrected chi connectivity index (χ2v) is 13.2. The number of fused-ring (bicyclic) bond motifs is 3. The first-order valence-electron chi connectivity index (χ1n) is 13.8. The molecule has 0 saturated heterocycles. The van der Waals surface area contributed by atoms with E-state index in [2.05, 4.69) is 4.98 Å². The number of rotatable bonds is 7. The molecule has 0 saturated carbocycles. The van der Waals surface area contributed by atoms with E-state index in [4.69, 9.17) is 18.9 Å². The Bertz CT molecular complexity index is 2260. The minimum atomic E-state index is -0.745. The van der Waals surface area contributed by atoms with Gasteiger partial charge in [-0.1, -0.05) is 47.7 Å². The molecule has 1 unspecified atom stereocenters. The van der Waals surface area contributed by atoms with Gasteiger partial charge in [0, 0.05) is 6.08 Å². The number of furan rings is 1. The molecule has 0 fully saturated rings. The van der Waals surface area contributed by atoms with Gasteiger partial charge in [-0.15, -0.1) is 11.3 Å². The third kappa shape index (κ3) is 5.06. The van der Waals surface area contributed by atoms with Crippen LogP contribution in [-0.4, -0.2) is 29.2 Å². The highest BCUT2D eigenvalue weighted by Crippen LogP contribution is 2.37. The van der Waals surface area contributed by atoms with Crippen LogP contribution in [0.2, 0.25) is 0 Å². The lowest BCUT2D eigenvalue weighted by atomic mass is 9.91. The number of aromatic nitrogens is 2. The van der Waals surface area contributed by atoms with Gasteiger partial charge >= 0.3 is 5.97 Å². The number of methoxy groups -OCH3 is 1. The van der Waals surface area contributed by atoms with Crippen LogP contribution >= 0.6 is 34.4 Å². The maximum Gasteiger partial charge on any atom is 0.338 e. The molecule has 0 amide bonds. The summed E-state index contributed by atoms with van der Waals surface area (Å²) in [6.45, 7) is 3.74. The zero-order chi connectivity index (χ0) is 30.4. The van der Waals surface area contributed by atoms with E-state index in [0.29, 0.717) is 37.2 Å². The predicted octanol–water partition coefficient (Wildman–Crippen LogP) is 6.31. The van der Waals surface area contributed by atoms with E-state index in [1.54, 1.807) is 42.9 Å². The summed E-state index contributed by atoms with van der Waals surface area (Å²) in [5.41, 5.74) is 2.29. The second-order valence-electron chi connectivity index (χ2n) is 9.94. The maximum atomic E-state index is 14.1. The molecule has 220 valence electrons. The first-order valence-corrected chi connectivity index (χ1v) is 16.3. The minimum absolute atomic E-state index is 0.200. The monoisotopic (exact) mass is 639 g/mol. The molecule has 11 heteroatoms. The number of hydrogen-bond donors (Lipinski definition) is 0. The minimum Gasteiger partial charge on any atom is -0.497 e. The zero-order valence-corrected chi connectivity index (χ0v) is 26.3. The summed E-state index contributed by atoms with van der Waals surface area (Å²) in [5, 5.41) is 2.49. The summed E-state index contributed by atoms with van der Waals surface area (Å²) in [5.74, 6) is 0.704. The molecule has 0 N–H and O–H groups in total. The SMILES string of the molecule is CCOC(=O)C1=C(C)N=c2s/c(=C/c3ccc(Sc4nc5ccccc5s4)o3)c(=O)n2C1c1cccc2ccc(OC)cc12. The number of allylic oxidation sites excluding steroid dienone is 1. The molecule has 0 radical (unpaired) electrons. The van der Waals surface area contributed by atoms with Crippen molar-refractivity contribution in [2.75, 3.05) is 13.7 Å². The van der Waals surface area contributed by atoms with Crippen molar-refractivity contribution in [2.45, 2.75) is 29.3 Å². The lowest BCUT2D eigenvalue weighted by Gasteiger charge is -2.26. The lowest BCUT2D eigenvalue weighted by Crippen LogP contribution is -2.40. The van der Waals surface area contributed by atoms with Crippen molar-refractivity contribution in [3.63, 3.8) is 0 Å². The van der Waals surface area contributed by atoms with Gasteiger partial charge in [0.2, 0.25) is 0 Å². The molecule has 3 aromatic carbocycles. The Balaban J connectivity index is 1.33. The van der Waals surface area contributed by atoms with Crippen LogP contribution in [0.15, 0.2) is 108 Å². The smallest absolute Gasteiger partial charge is 0.338 e. The molecule has 7 rings (SSSR count). The number of carbonyl (C=O) groups excluding carboxylic acids is 1. The number of para-hydroxylation sites is 1. The number of benzene rings is 3. The summed E-state index contributed by atoms with van der Waals surface area (Å²) in [6, 6.07) is 22.6. The van der Waals surface area contributed by atoms with E-state index in [1.807, 2.05) is 72.8 Å². The number of thiazole rings is 2. The number of hydrogen-bond acceptors (Lipinski definition) is 10. The molecule has 3 aromatic heterocycles. The average Bonchev–Trinajstić information content (AvgIpc) is 3.73. The van der Waals surface area contributed by atoms with Crippen LogP contribution < -0.4 is 19.6 Å². The van der Waals surface area contributed by atoms with Crippen LogP contribution in [0, 0.1) is 0 Å². The molecule has 0 aliphatic carbocycles. The van der Waals surface area contributed by atoms with Gasteiger partial charge in [-0.05, 0) is 78.3 Å². The first kappa shape index (κ1) is 28.3. The Hall–Kier alpha value is -4.45. The van der Waals surface area contributed by atoms with Crippen molar-refractivity contribution in [3.8, 4) is 5.75 Å². The summed E-state index contributed by atoms with van der Waals surface area (Å²) >= 11 is 4.30. The average molecular weight is 640 g/mol. The van der Waals surface area contributed by atoms with E-state index < -0.39 is 12.0 Å². The normalized spacial score (nSPS) is 15.1. The highest BCUT2D eigenvalue weighted by atomic mass is 32.2. The van der Waals surface area contributed by atoms with Gasteiger partial charge in [0.05, 0.1) is 45.8 Å². The van der Waals surface area contributed by atoms with Crippen molar-refractivity contribution in [3.05, 3.63) is 115 Å². The maximum absolute atomic E-state index is 14.1. The molecule has 0 spiro atoms. The highest BCUT2D eigenvalue weighted by molar-refractivity contribution is 8.01. The van der Waals surface area contributed by atoms with Gasteiger partial charge in [-0.25, -0.2) is 14.8 Å². The summed E-state index contributed by atoms with van der Waals surface area (Å²) in [6.07, 6.45) is 1.72. The molecule has 44 heavy (non-hydrogen) atoms. The Morgan fingerprint density at radius 1 is 1.09 bits per heavy atom. The lowest BCUT2D eigenvalue weighted by molar-refractivity contribution is -0.139. The molecule has 0 bridgehead atoms. The molecular weight excluding hydrogens is 615 g/mol. The topological polar surface area (TPSA) is 95.9 Å². The Labute approximate surface area is 263 Å². The zero-order valence-electron chi connectivity index (χ0n) is 23.9. The Kier molecular flexibility index (Phi) is 7.45. The Morgan fingerprint density at radius 2 is 1.95 bits per heavy atom. The molecule has 1 atom stereocenters. The van der Waals surface area contributed by atoms with Crippen molar-refractivity contribution in [1.29, 1.82) is 0 Å². The van der Waals surface area contributed by atoms with Gasteiger partial charge in [-0.2, -0.15) is 0 Å². The summed E-state index contributed by atoms with van der Waals surface area (Å²) < 4.78 is 21.1.